The average molecular weight is 321 g/mol. The number of amides is 1. The Hall–Kier alpha value is -1.73. The first-order chi connectivity index (χ1) is 10.6. The number of rotatable bonds is 5. The first-order valence-corrected chi connectivity index (χ1v) is 8.40. The number of aliphatic hydroxyl groups is 1. The minimum Gasteiger partial charge on any atom is -0.393 e. The highest BCUT2D eigenvalue weighted by atomic mass is 32.1. The molecule has 22 heavy (non-hydrogen) atoms. The van der Waals surface area contributed by atoms with Gasteiger partial charge in [0.1, 0.15) is 4.83 Å². The number of thiophene rings is 1. The van der Waals surface area contributed by atoms with Gasteiger partial charge in [-0.3, -0.25) is 14.2 Å². The van der Waals surface area contributed by atoms with Gasteiger partial charge < -0.3 is 10.4 Å². The molecule has 0 bridgehead atoms. The maximum Gasteiger partial charge on any atom is 0.262 e. The number of carbonyl (C=O) groups excluding carboxylic acids is 1. The summed E-state index contributed by atoms with van der Waals surface area (Å²) in [6, 6.07) is 1.76. The number of nitrogens with zero attached hydrogens (tertiary/aromatic N) is 2. The largest absolute Gasteiger partial charge is 0.393 e. The molecule has 2 N–H and O–H groups in total. The average Bonchev–Trinajstić information content (AvgIpc) is 3.13. The lowest BCUT2D eigenvalue weighted by molar-refractivity contribution is -0.121. The van der Waals surface area contributed by atoms with Crippen molar-refractivity contribution >= 4 is 27.5 Å². The van der Waals surface area contributed by atoms with Gasteiger partial charge in [-0.05, 0) is 24.3 Å². The molecule has 2 unspecified atom stereocenters. The molecule has 1 fully saturated rings. The smallest absolute Gasteiger partial charge is 0.262 e. The van der Waals surface area contributed by atoms with E-state index in [1.54, 1.807) is 6.07 Å². The summed E-state index contributed by atoms with van der Waals surface area (Å²) in [7, 11) is 0. The summed E-state index contributed by atoms with van der Waals surface area (Å²) in [6.45, 7) is 0.827. The Morgan fingerprint density at radius 3 is 3.14 bits per heavy atom. The van der Waals surface area contributed by atoms with E-state index in [0.717, 1.165) is 24.1 Å². The van der Waals surface area contributed by atoms with Crippen molar-refractivity contribution in [1.82, 2.24) is 14.9 Å². The van der Waals surface area contributed by atoms with Crippen LogP contribution in [0.5, 0.6) is 0 Å². The number of nitrogens with one attached hydrogen (secondary N) is 1. The lowest BCUT2D eigenvalue weighted by Gasteiger charge is -2.15. The molecule has 7 heteroatoms. The van der Waals surface area contributed by atoms with E-state index in [1.165, 1.54) is 22.2 Å². The highest BCUT2D eigenvalue weighted by Crippen LogP contribution is 2.24. The maximum atomic E-state index is 12.2. The summed E-state index contributed by atoms with van der Waals surface area (Å²) in [4.78, 5) is 29.0. The Kier molecular flexibility index (Phi) is 4.54. The third-order valence-corrected chi connectivity index (χ3v) is 5.03. The lowest BCUT2D eigenvalue weighted by Crippen LogP contribution is -2.33. The molecule has 118 valence electrons. The van der Waals surface area contributed by atoms with E-state index in [4.69, 9.17) is 0 Å². The zero-order valence-corrected chi connectivity index (χ0v) is 13.0. The molecular weight excluding hydrogens is 302 g/mol. The van der Waals surface area contributed by atoms with E-state index >= 15 is 0 Å². The van der Waals surface area contributed by atoms with Gasteiger partial charge >= 0.3 is 0 Å². The number of hydrogen-bond acceptors (Lipinski definition) is 5. The fraction of sp³-hybridized carbons (Fsp3) is 0.533. The molecule has 0 radical (unpaired) electrons. The number of aliphatic hydroxyl groups excluding tert-OH is 1. The predicted molar refractivity (Wildman–Crippen MR) is 84.9 cm³/mol. The van der Waals surface area contributed by atoms with Crippen LogP contribution in [0.2, 0.25) is 0 Å². The molecule has 1 amide bonds. The van der Waals surface area contributed by atoms with E-state index in [-0.39, 0.29) is 29.9 Å². The lowest BCUT2D eigenvalue weighted by atomic mass is 10.1. The Morgan fingerprint density at radius 2 is 2.36 bits per heavy atom. The molecule has 3 rings (SSSR count). The summed E-state index contributed by atoms with van der Waals surface area (Å²) in [5, 5.41) is 15.0. The van der Waals surface area contributed by atoms with Gasteiger partial charge in [-0.15, -0.1) is 11.3 Å². The van der Waals surface area contributed by atoms with Crippen molar-refractivity contribution in [3.05, 3.63) is 28.1 Å². The number of fused-ring (bicyclic) bond motifs is 1. The van der Waals surface area contributed by atoms with Crippen LogP contribution in [-0.4, -0.2) is 33.2 Å². The van der Waals surface area contributed by atoms with E-state index < -0.39 is 0 Å². The Bertz CT molecular complexity index is 724. The standard InChI is InChI=1S/C15H19N3O3S/c19-12-3-1-2-10(12)8-16-13(20)4-6-18-9-17-14-11(15(18)21)5-7-22-14/h5,7,9-10,12,19H,1-4,6,8H2,(H,16,20). The van der Waals surface area contributed by atoms with Crippen molar-refractivity contribution in [1.29, 1.82) is 0 Å². The van der Waals surface area contributed by atoms with Gasteiger partial charge in [-0.1, -0.05) is 6.42 Å². The Morgan fingerprint density at radius 1 is 1.50 bits per heavy atom. The molecule has 1 aliphatic rings. The molecule has 0 aromatic carbocycles. The predicted octanol–water partition coefficient (Wildman–Crippen LogP) is 1.13. The van der Waals surface area contributed by atoms with Crippen molar-refractivity contribution in [2.24, 2.45) is 5.92 Å². The Labute approximate surface area is 131 Å². The molecule has 0 aliphatic heterocycles. The van der Waals surface area contributed by atoms with Crippen LogP contribution in [0.15, 0.2) is 22.6 Å². The minimum atomic E-state index is -0.298. The number of carbonyl (C=O) groups is 1. The van der Waals surface area contributed by atoms with Crippen LogP contribution in [0.1, 0.15) is 25.7 Å². The van der Waals surface area contributed by atoms with Gasteiger partial charge in [0.05, 0.1) is 17.8 Å². The quantitative estimate of drug-likeness (QED) is 0.864. The van der Waals surface area contributed by atoms with Crippen molar-refractivity contribution in [2.75, 3.05) is 6.54 Å². The minimum absolute atomic E-state index is 0.101. The summed E-state index contributed by atoms with van der Waals surface area (Å²) in [5.41, 5.74) is -0.106. The summed E-state index contributed by atoms with van der Waals surface area (Å²) < 4.78 is 1.47. The molecular formula is C15H19N3O3S. The molecule has 1 aliphatic carbocycles. The molecule has 2 aromatic rings. The fourth-order valence-electron chi connectivity index (χ4n) is 2.86. The Balaban J connectivity index is 1.53. The van der Waals surface area contributed by atoms with E-state index in [1.807, 2.05) is 5.38 Å². The third-order valence-electron chi connectivity index (χ3n) is 4.21. The van der Waals surface area contributed by atoms with Crippen LogP contribution in [0.25, 0.3) is 10.2 Å². The van der Waals surface area contributed by atoms with Crippen LogP contribution in [0.3, 0.4) is 0 Å². The summed E-state index contributed by atoms with van der Waals surface area (Å²) in [5.74, 6) is 0.0620. The molecule has 1 saturated carbocycles. The second-order valence-electron chi connectivity index (χ2n) is 5.69. The van der Waals surface area contributed by atoms with E-state index in [9.17, 15) is 14.7 Å². The van der Waals surface area contributed by atoms with Crippen molar-refractivity contribution in [2.45, 2.75) is 38.3 Å². The van der Waals surface area contributed by atoms with Gasteiger partial charge in [0, 0.05) is 25.4 Å². The first kappa shape index (κ1) is 15.2. The van der Waals surface area contributed by atoms with Crippen molar-refractivity contribution < 1.29 is 9.90 Å². The molecule has 6 nitrogen and oxygen atoms in total. The third kappa shape index (κ3) is 3.20. The van der Waals surface area contributed by atoms with Crippen molar-refractivity contribution in [3.63, 3.8) is 0 Å². The molecule has 2 atom stereocenters. The highest BCUT2D eigenvalue weighted by molar-refractivity contribution is 7.16. The molecule has 2 heterocycles. The molecule has 2 aromatic heterocycles. The number of aryl methyl sites for hydroxylation is 1. The van der Waals surface area contributed by atoms with Crippen molar-refractivity contribution in [3.8, 4) is 0 Å². The molecule has 0 saturated heterocycles. The van der Waals surface area contributed by atoms with Crippen LogP contribution in [-0.2, 0) is 11.3 Å². The number of aromatic nitrogens is 2. The van der Waals surface area contributed by atoms with Gasteiger partial charge in [0.25, 0.3) is 5.56 Å². The van der Waals surface area contributed by atoms with Crippen LogP contribution < -0.4 is 10.9 Å². The second-order valence-corrected chi connectivity index (χ2v) is 6.59. The van der Waals surface area contributed by atoms with Gasteiger partial charge in [0.15, 0.2) is 0 Å². The van der Waals surface area contributed by atoms with Gasteiger partial charge in [-0.25, -0.2) is 4.98 Å². The zero-order chi connectivity index (χ0) is 15.5. The van der Waals surface area contributed by atoms with Crippen LogP contribution >= 0.6 is 11.3 Å². The van der Waals surface area contributed by atoms with Crippen LogP contribution in [0, 0.1) is 5.92 Å². The summed E-state index contributed by atoms with van der Waals surface area (Å²) in [6.07, 6.45) is 4.23. The monoisotopic (exact) mass is 321 g/mol. The first-order valence-electron chi connectivity index (χ1n) is 7.52. The zero-order valence-electron chi connectivity index (χ0n) is 12.2. The summed E-state index contributed by atoms with van der Waals surface area (Å²) >= 11 is 1.43. The maximum absolute atomic E-state index is 12.2. The number of hydrogen-bond donors (Lipinski definition) is 2. The van der Waals surface area contributed by atoms with Crippen LogP contribution in [0.4, 0.5) is 0 Å². The van der Waals surface area contributed by atoms with Gasteiger partial charge in [-0.2, -0.15) is 0 Å². The molecule has 0 spiro atoms. The van der Waals surface area contributed by atoms with Gasteiger partial charge in [0.2, 0.25) is 5.91 Å². The topological polar surface area (TPSA) is 84.2 Å². The SMILES string of the molecule is O=C(CCn1cnc2sccc2c1=O)NCC1CCCC1O. The van der Waals surface area contributed by atoms with E-state index in [0.29, 0.717) is 18.5 Å². The normalized spacial score (nSPS) is 21.3. The highest BCUT2D eigenvalue weighted by Gasteiger charge is 2.25. The second kappa shape index (κ2) is 6.58. The van der Waals surface area contributed by atoms with E-state index in [2.05, 4.69) is 10.3 Å². The fourth-order valence-corrected chi connectivity index (χ4v) is 3.59.